The molecule has 0 heterocycles. The molecule has 0 amide bonds. The van der Waals surface area contributed by atoms with E-state index in [1.165, 1.54) is 87.6 Å². The van der Waals surface area contributed by atoms with E-state index < -0.39 is 5.41 Å². The van der Waals surface area contributed by atoms with Gasteiger partial charge >= 0.3 is 0 Å². The van der Waals surface area contributed by atoms with E-state index in [4.69, 9.17) is 0 Å². The van der Waals surface area contributed by atoms with Crippen molar-refractivity contribution in [3.05, 3.63) is 283 Å². The molecule has 0 N–H and O–H groups in total. The molecule has 0 saturated heterocycles. The molecule has 0 aromatic heterocycles. The first kappa shape index (κ1) is 38.0. The van der Waals surface area contributed by atoms with Gasteiger partial charge in [-0.05, 0) is 118 Å². The summed E-state index contributed by atoms with van der Waals surface area (Å²) in [5.74, 6) is 0. The third-order valence-corrected chi connectivity index (χ3v) is 14.1. The molecule has 1 nitrogen and oxygen atoms in total. The van der Waals surface area contributed by atoms with E-state index in [2.05, 4.69) is 266 Å². The van der Waals surface area contributed by atoms with E-state index in [9.17, 15) is 0 Å². The molecule has 1 heteroatoms. The predicted molar refractivity (Wildman–Crippen MR) is 279 cm³/mol. The van der Waals surface area contributed by atoms with Crippen LogP contribution in [0.2, 0.25) is 0 Å². The summed E-state index contributed by atoms with van der Waals surface area (Å²) in [4.78, 5) is 2.55. The van der Waals surface area contributed by atoms with Gasteiger partial charge in [-0.3, -0.25) is 0 Å². The third kappa shape index (κ3) is 5.73. The van der Waals surface area contributed by atoms with Crippen molar-refractivity contribution in [3.8, 4) is 33.4 Å². The van der Waals surface area contributed by atoms with Gasteiger partial charge in [0.25, 0.3) is 0 Å². The molecule has 0 radical (unpaired) electrons. The van der Waals surface area contributed by atoms with Gasteiger partial charge in [0.15, 0.2) is 0 Å². The van der Waals surface area contributed by atoms with Gasteiger partial charge in [0.2, 0.25) is 0 Å². The second kappa shape index (κ2) is 15.3. The van der Waals surface area contributed by atoms with Crippen LogP contribution in [0, 0.1) is 0 Å². The maximum atomic E-state index is 2.55. The Labute approximate surface area is 385 Å². The standard InChI is InChI=1S/C65H43N/c1-3-24-47(25-4-1)65(48-26-5-2-6-27-48)60-36-15-13-34-58(60)64-61(65)37-19-39-63(64)66(49-40-41-57-55-32-10-9-30-53(55)54-31-11-12-33-56(54)59(57)43-49)62-38-16-14-29-52(62)46-23-17-22-45(42-46)51-35-18-21-44-20-7-8-28-50(44)51/h1-43H. The predicted octanol–water partition coefficient (Wildman–Crippen LogP) is 17.5. The van der Waals surface area contributed by atoms with Crippen LogP contribution < -0.4 is 4.90 Å². The van der Waals surface area contributed by atoms with E-state index in [1.807, 2.05) is 0 Å². The molecule has 12 aromatic rings. The molecule has 0 fully saturated rings. The van der Waals surface area contributed by atoms with Crippen molar-refractivity contribution < 1.29 is 0 Å². The molecule has 1 aliphatic rings. The van der Waals surface area contributed by atoms with E-state index in [0.29, 0.717) is 0 Å². The van der Waals surface area contributed by atoms with Gasteiger partial charge in [-0.25, -0.2) is 0 Å². The van der Waals surface area contributed by atoms with Crippen LogP contribution in [0.4, 0.5) is 17.1 Å². The zero-order valence-electron chi connectivity index (χ0n) is 36.3. The van der Waals surface area contributed by atoms with Crippen LogP contribution >= 0.6 is 0 Å². The van der Waals surface area contributed by atoms with Gasteiger partial charge in [0.05, 0.1) is 16.8 Å². The number of rotatable bonds is 7. The summed E-state index contributed by atoms with van der Waals surface area (Å²) in [5.41, 5.74) is 15.1. The summed E-state index contributed by atoms with van der Waals surface area (Å²) in [7, 11) is 0. The van der Waals surface area contributed by atoms with Gasteiger partial charge in [0, 0.05) is 16.8 Å². The minimum absolute atomic E-state index is 0.541. The lowest BCUT2D eigenvalue weighted by Gasteiger charge is -2.34. The summed E-state index contributed by atoms with van der Waals surface area (Å²) < 4.78 is 0. The smallest absolute Gasteiger partial charge is 0.0714 e. The average molecular weight is 838 g/mol. The summed E-state index contributed by atoms with van der Waals surface area (Å²) in [5, 5.41) is 10.0. The second-order valence-corrected chi connectivity index (χ2v) is 17.5. The van der Waals surface area contributed by atoms with E-state index in [1.54, 1.807) is 0 Å². The molecule has 13 rings (SSSR count). The van der Waals surface area contributed by atoms with Crippen LogP contribution in [0.15, 0.2) is 261 Å². The molecule has 0 bridgehead atoms. The van der Waals surface area contributed by atoms with Crippen LogP contribution in [-0.2, 0) is 5.41 Å². The quantitative estimate of drug-likeness (QED) is 0.145. The van der Waals surface area contributed by atoms with Crippen LogP contribution in [0.1, 0.15) is 22.3 Å². The van der Waals surface area contributed by atoms with Crippen molar-refractivity contribution in [3.63, 3.8) is 0 Å². The molecule has 66 heavy (non-hydrogen) atoms. The summed E-state index contributed by atoms with van der Waals surface area (Å²) in [6.45, 7) is 0. The lowest BCUT2D eigenvalue weighted by atomic mass is 9.68. The Hall–Kier alpha value is -8.52. The molecule has 0 unspecified atom stereocenters. The highest BCUT2D eigenvalue weighted by molar-refractivity contribution is 6.26. The maximum Gasteiger partial charge on any atom is 0.0714 e. The fourth-order valence-corrected chi connectivity index (χ4v) is 11.3. The average Bonchev–Trinajstić information content (AvgIpc) is 3.71. The van der Waals surface area contributed by atoms with Gasteiger partial charge < -0.3 is 4.90 Å². The maximum absolute atomic E-state index is 2.55. The highest BCUT2D eigenvalue weighted by atomic mass is 15.1. The van der Waals surface area contributed by atoms with Crippen molar-refractivity contribution in [2.45, 2.75) is 5.41 Å². The van der Waals surface area contributed by atoms with Crippen molar-refractivity contribution in [1.29, 1.82) is 0 Å². The van der Waals surface area contributed by atoms with Crippen molar-refractivity contribution in [2.24, 2.45) is 0 Å². The summed E-state index contributed by atoms with van der Waals surface area (Å²) in [6, 6.07) is 96.6. The fraction of sp³-hybridized carbons (Fsp3) is 0.0154. The molecule has 0 aliphatic heterocycles. The topological polar surface area (TPSA) is 3.24 Å². The zero-order chi connectivity index (χ0) is 43.6. The van der Waals surface area contributed by atoms with E-state index >= 15 is 0 Å². The highest BCUT2D eigenvalue weighted by Crippen LogP contribution is 2.60. The van der Waals surface area contributed by atoms with Gasteiger partial charge in [0.1, 0.15) is 0 Å². The minimum Gasteiger partial charge on any atom is -0.309 e. The Morgan fingerprint density at radius 2 is 0.742 bits per heavy atom. The van der Waals surface area contributed by atoms with Crippen molar-refractivity contribution >= 4 is 60.2 Å². The Kier molecular flexibility index (Phi) is 8.82. The summed E-state index contributed by atoms with van der Waals surface area (Å²) >= 11 is 0. The molecule has 12 aromatic carbocycles. The Bertz CT molecular complexity index is 3750. The molecule has 308 valence electrons. The number of nitrogens with zero attached hydrogens (tertiary/aromatic N) is 1. The number of hydrogen-bond acceptors (Lipinski definition) is 1. The van der Waals surface area contributed by atoms with Crippen molar-refractivity contribution in [1.82, 2.24) is 0 Å². The second-order valence-electron chi connectivity index (χ2n) is 17.5. The lowest BCUT2D eigenvalue weighted by Crippen LogP contribution is -2.28. The van der Waals surface area contributed by atoms with Gasteiger partial charge in [-0.1, -0.05) is 231 Å². The number of fused-ring (bicyclic) bond motifs is 10. The number of anilines is 3. The van der Waals surface area contributed by atoms with Crippen LogP contribution in [0.5, 0.6) is 0 Å². The Morgan fingerprint density at radius 3 is 1.45 bits per heavy atom. The third-order valence-electron chi connectivity index (χ3n) is 14.1. The number of hydrogen-bond donors (Lipinski definition) is 0. The van der Waals surface area contributed by atoms with Crippen LogP contribution in [-0.4, -0.2) is 0 Å². The first-order valence-electron chi connectivity index (χ1n) is 22.9. The Balaban J connectivity index is 1.11. The van der Waals surface area contributed by atoms with E-state index in [-0.39, 0.29) is 0 Å². The zero-order valence-corrected chi connectivity index (χ0v) is 36.3. The number of benzene rings is 12. The fourth-order valence-electron chi connectivity index (χ4n) is 11.3. The van der Waals surface area contributed by atoms with Crippen LogP contribution in [0.25, 0.3) is 76.5 Å². The Morgan fingerprint density at radius 1 is 0.273 bits per heavy atom. The monoisotopic (exact) mass is 837 g/mol. The molecular weight excluding hydrogens is 795 g/mol. The molecule has 1 aliphatic carbocycles. The molecule has 0 atom stereocenters. The first-order chi connectivity index (χ1) is 32.8. The van der Waals surface area contributed by atoms with E-state index in [0.717, 1.165) is 28.2 Å². The van der Waals surface area contributed by atoms with Crippen LogP contribution in [0.3, 0.4) is 0 Å². The lowest BCUT2D eigenvalue weighted by molar-refractivity contribution is 0.768. The number of para-hydroxylation sites is 1. The van der Waals surface area contributed by atoms with Gasteiger partial charge in [-0.15, -0.1) is 0 Å². The van der Waals surface area contributed by atoms with Gasteiger partial charge in [-0.2, -0.15) is 0 Å². The highest BCUT2D eigenvalue weighted by Gasteiger charge is 2.47. The largest absolute Gasteiger partial charge is 0.309 e. The van der Waals surface area contributed by atoms with Crippen molar-refractivity contribution in [2.75, 3.05) is 4.90 Å². The summed E-state index contributed by atoms with van der Waals surface area (Å²) in [6.07, 6.45) is 0. The first-order valence-corrected chi connectivity index (χ1v) is 22.9. The molecule has 0 spiro atoms. The SMILES string of the molecule is c1ccc(C2(c3ccccc3)c3ccccc3-c3c(N(c4ccc5c6ccccc6c6ccccc6c5c4)c4ccccc4-c4cccc(-c5cccc6ccccc56)c4)cccc32)cc1. The molecular formula is C65H43N. The normalized spacial score (nSPS) is 12.7. The minimum atomic E-state index is -0.541. The molecule has 0 saturated carbocycles.